The van der Waals surface area contributed by atoms with Gasteiger partial charge in [0.25, 0.3) is 0 Å². The van der Waals surface area contributed by atoms with Crippen molar-refractivity contribution in [1.82, 2.24) is 15.5 Å². The second-order valence-electron chi connectivity index (χ2n) is 5.40. The Morgan fingerprint density at radius 3 is 2.50 bits per heavy atom. The molecule has 2 aliphatic rings. The minimum Gasteiger partial charge on any atom is -0.357 e. The summed E-state index contributed by atoms with van der Waals surface area (Å²) in [5, 5.41) is 6.85. The third-order valence-corrected chi connectivity index (χ3v) is 3.82. The molecule has 2 aliphatic carbocycles. The van der Waals surface area contributed by atoms with Crippen LogP contribution in [0.25, 0.3) is 0 Å². The van der Waals surface area contributed by atoms with Crippen LogP contribution >= 0.6 is 24.0 Å². The van der Waals surface area contributed by atoms with Crippen molar-refractivity contribution in [1.29, 1.82) is 0 Å². The fourth-order valence-electron chi connectivity index (χ4n) is 2.58. The van der Waals surface area contributed by atoms with Gasteiger partial charge in [0, 0.05) is 25.2 Å². The molecule has 2 rings (SSSR count). The second kappa shape index (κ2) is 9.60. The van der Waals surface area contributed by atoms with E-state index in [1.807, 2.05) is 0 Å². The minimum absolute atomic E-state index is 0. The molecule has 1 saturated carbocycles. The van der Waals surface area contributed by atoms with Gasteiger partial charge in [0.2, 0.25) is 0 Å². The summed E-state index contributed by atoms with van der Waals surface area (Å²) in [4.78, 5) is 7.25. The van der Waals surface area contributed by atoms with Crippen molar-refractivity contribution in [2.45, 2.75) is 51.6 Å². The quantitative estimate of drug-likeness (QED) is 0.303. The molecular weight excluding hydrogens is 363 g/mol. The van der Waals surface area contributed by atoms with E-state index in [9.17, 15) is 0 Å². The SMILES string of the molecule is CCNC(=NCCN(CC)C1CC1)NC1CC=CC1.I. The highest BCUT2D eigenvalue weighted by molar-refractivity contribution is 14.0. The molecule has 116 valence electrons. The summed E-state index contributed by atoms with van der Waals surface area (Å²) < 4.78 is 0. The van der Waals surface area contributed by atoms with Gasteiger partial charge in [-0.2, -0.15) is 0 Å². The Kier molecular flexibility index (Phi) is 8.52. The van der Waals surface area contributed by atoms with Crippen LogP contribution in [0.2, 0.25) is 0 Å². The summed E-state index contributed by atoms with van der Waals surface area (Å²) in [6.07, 6.45) is 9.48. The van der Waals surface area contributed by atoms with Crippen molar-refractivity contribution < 1.29 is 0 Å². The summed E-state index contributed by atoms with van der Waals surface area (Å²) in [6, 6.07) is 1.37. The molecule has 0 heterocycles. The lowest BCUT2D eigenvalue weighted by molar-refractivity contribution is 0.286. The largest absolute Gasteiger partial charge is 0.357 e. The van der Waals surface area contributed by atoms with Crippen molar-refractivity contribution in [3.63, 3.8) is 0 Å². The first-order chi connectivity index (χ1) is 9.33. The number of hydrogen-bond donors (Lipinski definition) is 2. The molecule has 2 N–H and O–H groups in total. The Bertz CT molecular complexity index is 318. The number of hydrogen-bond acceptors (Lipinski definition) is 2. The molecule has 0 aromatic rings. The third kappa shape index (κ3) is 5.99. The van der Waals surface area contributed by atoms with Gasteiger partial charge in [-0.05, 0) is 39.2 Å². The highest BCUT2D eigenvalue weighted by atomic mass is 127. The van der Waals surface area contributed by atoms with Crippen LogP contribution in [-0.4, -0.2) is 49.1 Å². The molecule has 0 spiro atoms. The number of rotatable bonds is 7. The standard InChI is InChI=1S/C15H28N4.HI/c1-3-16-15(18-13-7-5-6-8-13)17-11-12-19(4-2)14-9-10-14;/h5-6,13-14H,3-4,7-12H2,1-2H3,(H2,16,17,18);1H. The van der Waals surface area contributed by atoms with E-state index in [2.05, 4.69) is 41.5 Å². The molecule has 0 amide bonds. The zero-order valence-corrected chi connectivity index (χ0v) is 15.1. The van der Waals surface area contributed by atoms with E-state index in [0.717, 1.165) is 51.0 Å². The molecule has 0 radical (unpaired) electrons. The summed E-state index contributed by atoms with van der Waals surface area (Å²) in [7, 11) is 0. The Hall–Kier alpha value is -0.300. The van der Waals surface area contributed by atoms with Crippen molar-refractivity contribution >= 4 is 29.9 Å². The smallest absolute Gasteiger partial charge is 0.191 e. The molecule has 5 heteroatoms. The molecule has 0 saturated heterocycles. The molecule has 1 fully saturated rings. The maximum atomic E-state index is 4.70. The van der Waals surface area contributed by atoms with Crippen LogP contribution in [0.1, 0.15) is 39.5 Å². The first-order valence-corrected chi connectivity index (χ1v) is 7.77. The van der Waals surface area contributed by atoms with E-state index >= 15 is 0 Å². The van der Waals surface area contributed by atoms with Crippen molar-refractivity contribution in [2.24, 2.45) is 4.99 Å². The predicted molar refractivity (Wildman–Crippen MR) is 97.0 cm³/mol. The predicted octanol–water partition coefficient (Wildman–Crippen LogP) is 2.36. The van der Waals surface area contributed by atoms with E-state index in [0.29, 0.717) is 6.04 Å². The maximum absolute atomic E-state index is 4.70. The van der Waals surface area contributed by atoms with Crippen LogP contribution < -0.4 is 10.6 Å². The fourth-order valence-corrected chi connectivity index (χ4v) is 2.58. The second-order valence-corrected chi connectivity index (χ2v) is 5.40. The van der Waals surface area contributed by atoms with Crippen LogP contribution in [0.5, 0.6) is 0 Å². The Balaban J connectivity index is 0.00000200. The van der Waals surface area contributed by atoms with E-state index in [1.165, 1.54) is 12.8 Å². The monoisotopic (exact) mass is 392 g/mol. The number of likely N-dealkylation sites (N-methyl/N-ethyl adjacent to an activating group) is 1. The van der Waals surface area contributed by atoms with Crippen LogP contribution in [0, 0.1) is 0 Å². The molecular formula is C15H29IN4. The topological polar surface area (TPSA) is 39.7 Å². The van der Waals surface area contributed by atoms with Gasteiger partial charge in [-0.25, -0.2) is 0 Å². The summed E-state index contributed by atoms with van der Waals surface area (Å²) >= 11 is 0. The Morgan fingerprint density at radius 1 is 1.25 bits per heavy atom. The van der Waals surface area contributed by atoms with Gasteiger partial charge in [-0.3, -0.25) is 9.89 Å². The van der Waals surface area contributed by atoms with Crippen LogP contribution in [0.3, 0.4) is 0 Å². The Labute approximate surface area is 140 Å². The van der Waals surface area contributed by atoms with E-state index in [-0.39, 0.29) is 24.0 Å². The summed E-state index contributed by atoms with van der Waals surface area (Å²) in [5.41, 5.74) is 0. The Morgan fingerprint density at radius 2 is 1.95 bits per heavy atom. The molecule has 4 nitrogen and oxygen atoms in total. The molecule has 0 aliphatic heterocycles. The van der Waals surface area contributed by atoms with Crippen LogP contribution in [0.4, 0.5) is 0 Å². The average molecular weight is 392 g/mol. The lowest BCUT2D eigenvalue weighted by Crippen LogP contribution is -2.43. The van der Waals surface area contributed by atoms with Gasteiger partial charge in [0.1, 0.15) is 0 Å². The number of aliphatic imine (C=N–C) groups is 1. The molecule has 0 unspecified atom stereocenters. The van der Waals surface area contributed by atoms with Gasteiger partial charge in [0.15, 0.2) is 5.96 Å². The zero-order chi connectivity index (χ0) is 13.5. The normalized spacial score (nSPS) is 19.2. The highest BCUT2D eigenvalue weighted by Crippen LogP contribution is 2.25. The summed E-state index contributed by atoms with van der Waals surface area (Å²) in [6.45, 7) is 8.41. The van der Waals surface area contributed by atoms with Crippen molar-refractivity contribution in [2.75, 3.05) is 26.2 Å². The fraction of sp³-hybridized carbons (Fsp3) is 0.800. The van der Waals surface area contributed by atoms with Gasteiger partial charge in [0.05, 0.1) is 6.54 Å². The number of nitrogens with one attached hydrogen (secondary N) is 2. The minimum atomic E-state index is 0. The molecule has 0 atom stereocenters. The first kappa shape index (κ1) is 17.8. The number of halogens is 1. The first-order valence-electron chi connectivity index (χ1n) is 7.77. The number of guanidine groups is 1. The lowest BCUT2D eigenvalue weighted by Gasteiger charge is -2.20. The van der Waals surface area contributed by atoms with Crippen molar-refractivity contribution in [3.05, 3.63) is 12.2 Å². The molecule has 0 aromatic carbocycles. The van der Waals surface area contributed by atoms with Crippen LogP contribution in [-0.2, 0) is 0 Å². The van der Waals surface area contributed by atoms with Crippen LogP contribution in [0.15, 0.2) is 17.1 Å². The van der Waals surface area contributed by atoms with Gasteiger partial charge in [-0.1, -0.05) is 19.1 Å². The van der Waals surface area contributed by atoms with Gasteiger partial charge < -0.3 is 10.6 Å². The van der Waals surface area contributed by atoms with Gasteiger partial charge in [-0.15, -0.1) is 24.0 Å². The van der Waals surface area contributed by atoms with Gasteiger partial charge >= 0.3 is 0 Å². The maximum Gasteiger partial charge on any atom is 0.191 e. The average Bonchev–Trinajstić information content (AvgIpc) is 3.12. The van der Waals surface area contributed by atoms with E-state index < -0.39 is 0 Å². The third-order valence-electron chi connectivity index (χ3n) is 3.82. The van der Waals surface area contributed by atoms with E-state index in [4.69, 9.17) is 4.99 Å². The molecule has 20 heavy (non-hydrogen) atoms. The highest BCUT2D eigenvalue weighted by Gasteiger charge is 2.27. The summed E-state index contributed by atoms with van der Waals surface area (Å²) in [5.74, 6) is 0.975. The van der Waals surface area contributed by atoms with Crippen molar-refractivity contribution in [3.8, 4) is 0 Å². The zero-order valence-electron chi connectivity index (χ0n) is 12.8. The molecule has 0 aromatic heterocycles. The number of nitrogens with zero attached hydrogens (tertiary/aromatic N) is 2. The molecule has 0 bridgehead atoms. The lowest BCUT2D eigenvalue weighted by atomic mass is 10.2. The van der Waals surface area contributed by atoms with E-state index in [1.54, 1.807) is 0 Å².